The highest BCUT2D eigenvalue weighted by Gasteiger charge is 2.19. The average Bonchev–Trinajstić information content (AvgIpc) is 2.29. The maximum absolute atomic E-state index is 10.7. The van der Waals surface area contributed by atoms with Gasteiger partial charge in [0.1, 0.15) is 5.54 Å². The Hall–Kier alpha value is -2.13. The van der Waals surface area contributed by atoms with Crippen LogP contribution in [0.5, 0.6) is 5.75 Å². The number of nitrogens with zero attached hydrogens (tertiary/aromatic N) is 2. The molecule has 1 rings (SSSR count). The van der Waals surface area contributed by atoms with Crippen molar-refractivity contribution in [3.8, 4) is 11.8 Å². The van der Waals surface area contributed by atoms with Gasteiger partial charge in [-0.1, -0.05) is 12.1 Å². The van der Waals surface area contributed by atoms with Crippen LogP contribution in [0.1, 0.15) is 13.3 Å². The van der Waals surface area contributed by atoms with E-state index in [2.05, 4.69) is 0 Å². The van der Waals surface area contributed by atoms with Crippen LogP contribution in [0.2, 0.25) is 0 Å². The second kappa shape index (κ2) is 5.27. The molecule has 0 fully saturated rings. The van der Waals surface area contributed by atoms with Crippen LogP contribution in [0.15, 0.2) is 24.3 Å². The molecule has 90 valence electrons. The quantitative estimate of drug-likeness (QED) is 0.616. The topological polar surface area (TPSA) is 102 Å². The molecule has 1 unspecified atom stereocenters. The Morgan fingerprint density at radius 3 is 2.82 bits per heavy atom. The number of nitro groups is 1. The van der Waals surface area contributed by atoms with Crippen molar-refractivity contribution in [3.63, 3.8) is 0 Å². The van der Waals surface area contributed by atoms with Crippen molar-refractivity contribution in [2.75, 3.05) is 6.61 Å². The molecule has 1 atom stereocenters. The lowest BCUT2D eigenvalue weighted by Crippen LogP contribution is -2.35. The number of nitriles is 1. The van der Waals surface area contributed by atoms with E-state index < -0.39 is 10.5 Å². The van der Waals surface area contributed by atoms with Crippen molar-refractivity contribution in [1.82, 2.24) is 0 Å². The van der Waals surface area contributed by atoms with Gasteiger partial charge in [-0.2, -0.15) is 5.26 Å². The van der Waals surface area contributed by atoms with Gasteiger partial charge in [0.2, 0.25) is 0 Å². The van der Waals surface area contributed by atoms with Gasteiger partial charge in [0.25, 0.3) is 0 Å². The number of nitrogens with two attached hydrogens (primary N) is 1. The molecular weight excluding hydrogens is 222 g/mol. The summed E-state index contributed by atoms with van der Waals surface area (Å²) in [6.45, 7) is 1.74. The first-order valence-corrected chi connectivity index (χ1v) is 5.02. The minimum atomic E-state index is -0.983. The molecular formula is C11H13N3O3. The van der Waals surface area contributed by atoms with Gasteiger partial charge < -0.3 is 10.5 Å². The van der Waals surface area contributed by atoms with Crippen LogP contribution in [-0.2, 0) is 0 Å². The van der Waals surface area contributed by atoms with E-state index >= 15 is 0 Å². The molecule has 0 aliphatic heterocycles. The summed E-state index contributed by atoms with van der Waals surface area (Å²) in [6.07, 6.45) is 0.301. The second-order valence-corrected chi connectivity index (χ2v) is 3.85. The van der Waals surface area contributed by atoms with E-state index in [-0.39, 0.29) is 18.0 Å². The van der Waals surface area contributed by atoms with Crippen LogP contribution in [0.25, 0.3) is 0 Å². The molecule has 0 spiro atoms. The van der Waals surface area contributed by atoms with E-state index in [4.69, 9.17) is 15.7 Å². The number of benzene rings is 1. The number of para-hydroxylation sites is 2. The average molecular weight is 235 g/mol. The normalized spacial score (nSPS) is 13.5. The Morgan fingerprint density at radius 1 is 1.59 bits per heavy atom. The lowest BCUT2D eigenvalue weighted by atomic mass is 10.0. The number of nitro benzene ring substituents is 1. The van der Waals surface area contributed by atoms with Gasteiger partial charge in [0.05, 0.1) is 17.6 Å². The van der Waals surface area contributed by atoms with E-state index in [1.54, 1.807) is 19.1 Å². The van der Waals surface area contributed by atoms with Crippen LogP contribution in [0, 0.1) is 21.4 Å². The van der Waals surface area contributed by atoms with Crippen LogP contribution >= 0.6 is 0 Å². The Bertz CT molecular complexity index is 452. The van der Waals surface area contributed by atoms with Crippen molar-refractivity contribution in [3.05, 3.63) is 34.4 Å². The molecule has 0 aliphatic carbocycles. The van der Waals surface area contributed by atoms with Gasteiger partial charge in [0.15, 0.2) is 5.75 Å². The van der Waals surface area contributed by atoms with Crippen LogP contribution in [0.4, 0.5) is 5.69 Å². The zero-order chi connectivity index (χ0) is 12.9. The highest BCUT2D eigenvalue weighted by molar-refractivity contribution is 5.45. The largest absolute Gasteiger partial charge is 0.487 e. The van der Waals surface area contributed by atoms with E-state index in [0.29, 0.717) is 6.42 Å². The van der Waals surface area contributed by atoms with Gasteiger partial charge in [-0.15, -0.1) is 0 Å². The van der Waals surface area contributed by atoms with Crippen molar-refractivity contribution >= 4 is 5.69 Å². The minimum absolute atomic E-state index is 0.0943. The summed E-state index contributed by atoms with van der Waals surface area (Å²) < 4.78 is 5.26. The fourth-order valence-corrected chi connectivity index (χ4v) is 1.16. The first-order valence-electron chi connectivity index (χ1n) is 5.02. The molecule has 0 aliphatic rings. The van der Waals surface area contributed by atoms with Crippen molar-refractivity contribution in [2.45, 2.75) is 18.9 Å². The maximum atomic E-state index is 10.7. The lowest BCUT2D eigenvalue weighted by molar-refractivity contribution is -0.385. The predicted octanol–water partition coefficient (Wildman–Crippen LogP) is 1.60. The lowest BCUT2D eigenvalue weighted by Gasteiger charge is -2.15. The fourth-order valence-electron chi connectivity index (χ4n) is 1.16. The van der Waals surface area contributed by atoms with Gasteiger partial charge in [-0.3, -0.25) is 10.1 Å². The molecule has 2 N–H and O–H groups in total. The number of ether oxygens (including phenoxy) is 1. The zero-order valence-electron chi connectivity index (χ0n) is 9.42. The number of hydrogen-bond acceptors (Lipinski definition) is 5. The molecule has 6 heteroatoms. The Morgan fingerprint density at radius 2 is 2.24 bits per heavy atom. The molecule has 0 amide bonds. The van der Waals surface area contributed by atoms with E-state index in [0.717, 1.165) is 0 Å². The van der Waals surface area contributed by atoms with E-state index in [1.165, 1.54) is 12.1 Å². The second-order valence-electron chi connectivity index (χ2n) is 3.85. The molecule has 0 saturated heterocycles. The van der Waals surface area contributed by atoms with Crippen molar-refractivity contribution < 1.29 is 9.66 Å². The molecule has 0 bridgehead atoms. The maximum Gasteiger partial charge on any atom is 0.310 e. The number of rotatable bonds is 5. The van der Waals surface area contributed by atoms with Gasteiger partial charge >= 0.3 is 5.69 Å². The summed E-state index contributed by atoms with van der Waals surface area (Å²) in [6, 6.07) is 8.01. The third-order valence-electron chi connectivity index (χ3n) is 2.20. The molecule has 0 saturated carbocycles. The third kappa shape index (κ3) is 3.74. The first-order chi connectivity index (χ1) is 7.96. The minimum Gasteiger partial charge on any atom is -0.487 e. The van der Waals surface area contributed by atoms with Crippen LogP contribution in [0.3, 0.4) is 0 Å². The monoisotopic (exact) mass is 235 g/mol. The highest BCUT2D eigenvalue weighted by Crippen LogP contribution is 2.26. The van der Waals surface area contributed by atoms with E-state index in [9.17, 15) is 10.1 Å². The van der Waals surface area contributed by atoms with E-state index in [1.807, 2.05) is 6.07 Å². The molecule has 0 aromatic heterocycles. The summed E-state index contributed by atoms with van der Waals surface area (Å²) in [7, 11) is 0. The fraction of sp³-hybridized carbons (Fsp3) is 0.364. The standard InChI is InChI=1S/C11H13N3O3/c1-11(13,8-12)6-7-17-10-5-3-2-4-9(10)14(15)16/h2-5H,6-7,13H2,1H3. The third-order valence-corrected chi connectivity index (χ3v) is 2.20. The Labute approximate surface area is 98.8 Å². The predicted molar refractivity (Wildman–Crippen MR) is 61.4 cm³/mol. The SMILES string of the molecule is CC(N)(C#N)CCOc1ccccc1[N+](=O)[O-]. The Kier molecular flexibility index (Phi) is 4.01. The van der Waals surface area contributed by atoms with Gasteiger partial charge in [0, 0.05) is 12.5 Å². The summed E-state index contributed by atoms with van der Waals surface area (Å²) in [5.41, 5.74) is 4.53. The molecule has 1 aromatic rings. The summed E-state index contributed by atoms with van der Waals surface area (Å²) in [5, 5.41) is 19.4. The molecule has 6 nitrogen and oxygen atoms in total. The summed E-state index contributed by atoms with van der Waals surface area (Å²) >= 11 is 0. The molecule has 17 heavy (non-hydrogen) atoms. The highest BCUT2D eigenvalue weighted by atomic mass is 16.6. The van der Waals surface area contributed by atoms with Gasteiger partial charge in [-0.05, 0) is 13.0 Å². The summed E-state index contributed by atoms with van der Waals surface area (Å²) in [4.78, 5) is 10.2. The molecule has 1 aromatic carbocycles. The van der Waals surface area contributed by atoms with Crippen molar-refractivity contribution in [2.24, 2.45) is 5.73 Å². The van der Waals surface area contributed by atoms with Crippen LogP contribution in [-0.4, -0.2) is 17.1 Å². The first kappa shape index (κ1) is 12.9. The van der Waals surface area contributed by atoms with Crippen LogP contribution < -0.4 is 10.5 Å². The smallest absolute Gasteiger partial charge is 0.310 e. The molecule has 0 radical (unpaired) electrons. The van der Waals surface area contributed by atoms with Gasteiger partial charge in [-0.25, -0.2) is 0 Å². The van der Waals surface area contributed by atoms with Crippen molar-refractivity contribution in [1.29, 1.82) is 5.26 Å². The Balaban J connectivity index is 2.65. The zero-order valence-corrected chi connectivity index (χ0v) is 9.42. The molecule has 0 heterocycles. The summed E-state index contributed by atoms with van der Waals surface area (Å²) in [5.74, 6) is 0.186. The number of hydrogen-bond donors (Lipinski definition) is 1.